The summed E-state index contributed by atoms with van der Waals surface area (Å²) in [6, 6.07) is 1.70. The summed E-state index contributed by atoms with van der Waals surface area (Å²) in [5.74, 6) is 0.0198. The largest absolute Gasteiger partial charge is 0.316 e. The molecule has 15 heavy (non-hydrogen) atoms. The summed E-state index contributed by atoms with van der Waals surface area (Å²) in [6.45, 7) is 0. The normalized spacial score (nSPS) is 10.5. The van der Waals surface area contributed by atoms with Crippen LogP contribution in [0, 0.1) is 0 Å². The molecule has 0 aliphatic rings. The summed E-state index contributed by atoms with van der Waals surface area (Å²) in [6.07, 6.45) is 3.25. The molecule has 0 bridgehead atoms. The summed E-state index contributed by atoms with van der Waals surface area (Å²) in [4.78, 5) is 24.2. The Morgan fingerprint density at radius 2 is 2.40 bits per heavy atom. The minimum absolute atomic E-state index is 0.0538. The number of carbonyl (C=O) groups is 1. The highest BCUT2D eigenvalue weighted by Crippen LogP contribution is 2.00. The van der Waals surface area contributed by atoms with Gasteiger partial charge in [0.1, 0.15) is 0 Å². The van der Waals surface area contributed by atoms with Gasteiger partial charge in [-0.25, -0.2) is 14.6 Å². The molecule has 78 valence electrons. The summed E-state index contributed by atoms with van der Waals surface area (Å²) in [7, 11) is 2.88. The van der Waals surface area contributed by atoms with Gasteiger partial charge >= 0.3 is 5.91 Å². The number of fused-ring (bicyclic) bond motifs is 1. The van der Waals surface area contributed by atoms with E-state index in [0.29, 0.717) is 5.78 Å². The number of carbonyl (C=O) groups excluding carboxylic acids is 1. The van der Waals surface area contributed by atoms with Gasteiger partial charge in [0.2, 0.25) is 5.82 Å². The van der Waals surface area contributed by atoms with Crippen LogP contribution in [-0.2, 0) is 4.84 Å². The molecule has 0 saturated heterocycles. The fourth-order valence-corrected chi connectivity index (χ4v) is 1.05. The number of aromatic nitrogens is 4. The first-order valence-electron chi connectivity index (χ1n) is 4.22. The fraction of sp³-hybridized carbons (Fsp3) is 0.250. The van der Waals surface area contributed by atoms with Gasteiger partial charge in [-0.1, -0.05) is 0 Å². The SMILES string of the molecule is CON(C)C(=O)c1nc2ncccn2n1. The van der Waals surface area contributed by atoms with E-state index in [1.54, 1.807) is 18.5 Å². The highest BCUT2D eigenvalue weighted by Gasteiger charge is 2.17. The van der Waals surface area contributed by atoms with Crippen LogP contribution in [0.1, 0.15) is 10.6 Å². The molecule has 0 aliphatic heterocycles. The molecule has 0 atom stereocenters. The molecule has 0 aromatic carbocycles. The quantitative estimate of drug-likeness (QED) is 0.635. The van der Waals surface area contributed by atoms with Crippen LogP contribution in [0.2, 0.25) is 0 Å². The third kappa shape index (κ3) is 1.64. The zero-order valence-corrected chi connectivity index (χ0v) is 8.28. The average Bonchev–Trinajstić information content (AvgIpc) is 2.70. The van der Waals surface area contributed by atoms with E-state index in [2.05, 4.69) is 15.1 Å². The standard InChI is InChI=1S/C8H9N5O2/c1-12(15-2)7(14)6-10-8-9-4-3-5-13(8)11-6/h3-5H,1-2H3. The van der Waals surface area contributed by atoms with Crippen LogP contribution in [0.3, 0.4) is 0 Å². The van der Waals surface area contributed by atoms with Crippen molar-refractivity contribution in [2.75, 3.05) is 14.2 Å². The number of hydrogen-bond acceptors (Lipinski definition) is 5. The number of nitrogens with zero attached hydrogens (tertiary/aromatic N) is 5. The van der Waals surface area contributed by atoms with Crippen molar-refractivity contribution in [1.29, 1.82) is 0 Å². The van der Waals surface area contributed by atoms with Gasteiger partial charge in [0, 0.05) is 19.4 Å². The summed E-state index contributed by atoms with van der Waals surface area (Å²) in [5.41, 5.74) is 0. The predicted octanol–water partition coefficient (Wildman–Crippen LogP) is -0.242. The molecule has 0 spiro atoms. The highest BCUT2D eigenvalue weighted by atomic mass is 16.7. The van der Waals surface area contributed by atoms with E-state index in [0.717, 1.165) is 5.06 Å². The van der Waals surface area contributed by atoms with Crippen molar-refractivity contribution in [1.82, 2.24) is 24.6 Å². The summed E-state index contributed by atoms with van der Waals surface area (Å²) in [5, 5.41) is 5.00. The van der Waals surface area contributed by atoms with Crippen molar-refractivity contribution in [2.24, 2.45) is 0 Å². The average molecular weight is 207 g/mol. The second-order valence-electron chi connectivity index (χ2n) is 2.78. The van der Waals surface area contributed by atoms with Gasteiger partial charge in [-0.05, 0) is 6.07 Å². The van der Waals surface area contributed by atoms with E-state index < -0.39 is 5.91 Å². The van der Waals surface area contributed by atoms with E-state index in [9.17, 15) is 4.79 Å². The van der Waals surface area contributed by atoms with Crippen molar-refractivity contribution in [2.45, 2.75) is 0 Å². The van der Waals surface area contributed by atoms with Crippen molar-refractivity contribution in [3.05, 3.63) is 24.3 Å². The molecule has 2 aromatic heterocycles. The molecule has 0 fully saturated rings. The van der Waals surface area contributed by atoms with Gasteiger partial charge in [0.05, 0.1) is 7.11 Å². The van der Waals surface area contributed by atoms with Crippen molar-refractivity contribution in [3.8, 4) is 0 Å². The number of rotatable bonds is 2. The smallest absolute Gasteiger partial charge is 0.274 e. The fourth-order valence-electron chi connectivity index (χ4n) is 1.05. The van der Waals surface area contributed by atoms with Gasteiger partial charge < -0.3 is 0 Å². The van der Waals surface area contributed by atoms with Gasteiger partial charge in [0.15, 0.2) is 0 Å². The Kier molecular flexibility index (Phi) is 2.30. The van der Waals surface area contributed by atoms with Gasteiger partial charge in [-0.3, -0.25) is 9.63 Å². The third-order valence-corrected chi connectivity index (χ3v) is 1.87. The van der Waals surface area contributed by atoms with Gasteiger partial charge in [0.25, 0.3) is 5.78 Å². The maximum absolute atomic E-state index is 11.6. The number of hydroxylamine groups is 2. The first kappa shape index (κ1) is 9.53. The number of hydrogen-bond donors (Lipinski definition) is 0. The maximum Gasteiger partial charge on any atom is 0.316 e. The minimum Gasteiger partial charge on any atom is -0.274 e. The lowest BCUT2D eigenvalue weighted by Crippen LogP contribution is -2.26. The Hall–Kier alpha value is -2.02. The molecule has 0 unspecified atom stereocenters. The molecule has 7 heteroatoms. The van der Waals surface area contributed by atoms with Crippen molar-refractivity contribution < 1.29 is 9.63 Å². The lowest BCUT2D eigenvalue weighted by molar-refractivity contribution is -0.0764. The lowest BCUT2D eigenvalue weighted by Gasteiger charge is -2.09. The van der Waals surface area contributed by atoms with E-state index in [4.69, 9.17) is 4.84 Å². The van der Waals surface area contributed by atoms with Gasteiger partial charge in [-0.2, -0.15) is 4.98 Å². The Bertz CT molecular complexity index is 461. The van der Waals surface area contributed by atoms with Crippen molar-refractivity contribution in [3.63, 3.8) is 0 Å². The van der Waals surface area contributed by atoms with Crippen LogP contribution in [-0.4, -0.2) is 44.7 Å². The summed E-state index contributed by atoms with van der Waals surface area (Å²) < 4.78 is 1.43. The Morgan fingerprint density at radius 1 is 1.60 bits per heavy atom. The van der Waals surface area contributed by atoms with E-state index >= 15 is 0 Å². The second kappa shape index (κ2) is 3.62. The van der Waals surface area contributed by atoms with E-state index in [-0.39, 0.29) is 5.82 Å². The van der Waals surface area contributed by atoms with Crippen LogP contribution < -0.4 is 0 Å². The molecule has 0 aliphatic carbocycles. The Morgan fingerprint density at radius 3 is 3.07 bits per heavy atom. The molecular formula is C8H9N5O2. The predicted molar refractivity (Wildman–Crippen MR) is 49.9 cm³/mol. The Balaban J connectivity index is 2.41. The highest BCUT2D eigenvalue weighted by molar-refractivity contribution is 5.89. The zero-order chi connectivity index (χ0) is 10.8. The monoisotopic (exact) mass is 207 g/mol. The van der Waals surface area contributed by atoms with E-state index in [1.165, 1.54) is 18.7 Å². The van der Waals surface area contributed by atoms with Crippen LogP contribution >= 0.6 is 0 Å². The lowest BCUT2D eigenvalue weighted by atomic mass is 10.6. The Labute approximate surface area is 85.3 Å². The van der Waals surface area contributed by atoms with E-state index in [1.807, 2.05) is 0 Å². The first-order chi connectivity index (χ1) is 7.22. The molecule has 1 amide bonds. The summed E-state index contributed by atoms with van der Waals surface area (Å²) >= 11 is 0. The minimum atomic E-state index is -0.414. The van der Waals surface area contributed by atoms with Gasteiger partial charge in [-0.15, -0.1) is 5.10 Å². The number of amides is 1. The maximum atomic E-state index is 11.6. The molecular weight excluding hydrogens is 198 g/mol. The second-order valence-corrected chi connectivity index (χ2v) is 2.78. The van der Waals surface area contributed by atoms with Crippen LogP contribution in [0.5, 0.6) is 0 Å². The zero-order valence-electron chi connectivity index (χ0n) is 8.28. The van der Waals surface area contributed by atoms with Crippen LogP contribution in [0.25, 0.3) is 5.78 Å². The van der Waals surface area contributed by atoms with Crippen molar-refractivity contribution >= 4 is 11.7 Å². The third-order valence-electron chi connectivity index (χ3n) is 1.87. The first-order valence-corrected chi connectivity index (χ1v) is 4.22. The topological polar surface area (TPSA) is 72.6 Å². The van der Waals surface area contributed by atoms with Crippen LogP contribution in [0.4, 0.5) is 0 Å². The molecule has 0 N–H and O–H groups in total. The molecule has 2 aromatic rings. The molecule has 2 heterocycles. The molecule has 7 nitrogen and oxygen atoms in total. The molecule has 0 saturated carbocycles. The van der Waals surface area contributed by atoms with Crippen LogP contribution in [0.15, 0.2) is 18.5 Å². The molecule has 2 rings (SSSR count). The molecule has 0 radical (unpaired) electrons.